The summed E-state index contributed by atoms with van der Waals surface area (Å²) >= 11 is 0. The van der Waals surface area contributed by atoms with Crippen LogP contribution in [0.5, 0.6) is 0 Å². The Morgan fingerprint density at radius 1 is 1.13 bits per heavy atom. The van der Waals surface area contributed by atoms with Gasteiger partial charge in [0.05, 0.1) is 34.2 Å². The molecule has 1 aliphatic heterocycles. The summed E-state index contributed by atoms with van der Waals surface area (Å²) in [5.74, 6) is -0.319. The number of non-ortho nitro benzene ring substituents is 1. The summed E-state index contributed by atoms with van der Waals surface area (Å²) < 4.78 is 6.45. The average molecular weight is 409 g/mol. The van der Waals surface area contributed by atoms with Crippen molar-refractivity contribution in [3.8, 4) is 5.69 Å². The lowest BCUT2D eigenvalue weighted by molar-refractivity contribution is -0.384. The molecule has 10 nitrogen and oxygen atoms in total. The third-order valence-corrected chi connectivity index (χ3v) is 5.06. The number of nitrogens with zero attached hydrogens (tertiary/aromatic N) is 4. The van der Waals surface area contributed by atoms with Crippen LogP contribution in [0.3, 0.4) is 0 Å². The molecule has 1 N–H and O–H groups in total. The minimum Gasteiger partial charge on any atom is -0.472 e. The first-order chi connectivity index (χ1) is 14.5. The standard InChI is InChI=1S/C20H19N5O5/c26-19(15-11-21-24(12-15)17-1-3-18(4-2-17)25(28)29)22-16-5-8-23(9-6-16)20(27)14-7-10-30-13-14/h1-4,7,10-13,16H,5-6,8-9H2,(H,22,26). The van der Waals surface area contributed by atoms with Gasteiger partial charge < -0.3 is 14.6 Å². The van der Waals surface area contributed by atoms with E-state index in [4.69, 9.17) is 4.42 Å². The Balaban J connectivity index is 1.33. The van der Waals surface area contributed by atoms with E-state index < -0.39 is 4.92 Å². The second-order valence-electron chi connectivity index (χ2n) is 7.00. The molecule has 0 saturated carbocycles. The summed E-state index contributed by atoms with van der Waals surface area (Å²) in [6.07, 6.45) is 7.25. The number of likely N-dealkylation sites (tertiary alicyclic amines) is 1. The zero-order valence-electron chi connectivity index (χ0n) is 15.9. The molecule has 1 saturated heterocycles. The van der Waals surface area contributed by atoms with Gasteiger partial charge >= 0.3 is 0 Å². The van der Waals surface area contributed by atoms with E-state index in [1.54, 1.807) is 29.3 Å². The lowest BCUT2D eigenvalue weighted by Gasteiger charge is -2.32. The van der Waals surface area contributed by atoms with Gasteiger partial charge in [-0.15, -0.1) is 0 Å². The zero-order chi connectivity index (χ0) is 21.1. The fraction of sp³-hybridized carbons (Fsp3) is 0.250. The minimum atomic E-state index is -0.472. The van der Waals surface area contributed by atoms with Gasteiger partial charge in [0.1, 0.15) is 6.26 Å². The highest BCUT2D eigenvalue weighted by Gasteiger charge is 2.25. The Hall–Kier alpha value is -3.95. The molecule has 1 aliphatic rings. The molecule has 0 aliphatic carbocycles. The number of carbonyl (C=O) groups is 2. The van der Waals surface area contributed by atoms with Crippen LogP contribution in [-0.2, 0) is 0 Å². The number of hydrogen-bond acceptors (Lipinski definition) is 6. The molecule has 0 spiro atoms. The molecule has 4 rings (SSSR count). The van der Waals surface area contributed by atoms with E-state index >= 15 is 0 Å². The van der Waals surface area contributed by atoms with Crippen LogP contribution in [-0.4, -0.2) is 50.5 Å². The molecule has 1 aromatic carbocycles. The maximum absolute atomic E-state index is 12.6. The normalized spacial score (nSPS) is 14.5. The summed E-state index contributed by atoms with van der Waals surface area (Å²) in [5.41, 5.74) is 1.52. The maximum Gasteiger partial charge on any atom is 0.269 e. The highest BCUT2D eigenvalue weighted by atomic mass is 16.6. The summed E-state index contributed by atoms with van der Waals surface area (Å²) in [4.78, 5) is 36.9. The minimum absolute atomic E-state index is 0.0125. The van der Waals surface area contributed by atoms with Gasteiger partial charge in [0, 0.05) is 37.5 Å². The maximum atomic E-state index is 12.6. The Bertz CT molecular complexity index is 1050. The highest BCUT2D eigenvalue weighted by molar-refractivity contribution is 5.94. The van der Waals surface area contributed by atoms with Crippen LogP contribution >= 0.6 is 0 Å². The molecule has 1 fully saturated rings. The largest absolute Gasteiger partial charge is 0.472 e. The molecule has 2 amide bonds. The Morgan fingerprint density at radius 3 is 2.50 bits per heavy atom. The fourth-order valence-electron chi connectivity index (χ4n) is 3.37. The summed E-state index contributed by atoms with van der Waals surface area (Å²) in [5, 5.41) is 17.9. The van der Waals surface area contributed by atoms with Crippen molar-refractivity contribution < 1.29 is 18.9 Å². The number of carbonyl (C=O) groups excluding carboxylic acids is 2. The molecule has 0 unspecified atom stereocenters. The van der Waals surface area contributed by atoms with Crippen LogP contribution in [0.4, 0.5) is 5.69 Å². The highest BCUT2D eigenvalue weighted by Crippen LogP contribution is 2.17. The van der Waals surface area contributed by atoms with Crippen LogP contribution in [0, 0.1) is 10.1 Å². The van der Waals surface area contributed by atoms with E-state index in [1.165, 1.54) is 35.5 Å². The molecule has 10 heteroatoms. The number of furan rings is 1. The molecule has 0 bridgehead atoms. The van der Waals surface area contributed by atoms with Crippen LogP contribution in [0.15, 0.2) is 59.7 Å². The molecular weight excluding hydrogens is 390 g/mol. The Morgan fingerprint density at radius 2 is 1.87 bits per heavy atom. The van der Waals surface area contributed by atoms with Gasteiger partial charge in [-0.1, -0.05) is 0 Å². The van der Waals surface area contributed by atoms with Crippen molar-refractivity contribution in [1.29, 1.82) is 0 Å². The molecule has 0 radical (unpaired) electrons. The van der Waals surface area contributed by atoms with E-state index in [0.29, 0.717) is 42.7 Å². The molecule has 2 aromatic heterocycles. The topological polar surface area (TPSA) is 124 Å². The SMILES string of the molecule is O=C(NC1CCN(C(=O)c2ccoc2)CC1)c1cnn(-c2ccc([N+](=O)[O-])cc2)c1. The van der Waals surface area contributed by atoms with Crippen LogP contribution in [0.1, 0.15) is 33.6 Å². The van der Waals surface area contributed by atoms with E-state index in [9.17, 15) is 19.7 Å². The van der Waals surface area contributed by atoms with Crippen LogP contribution in [0.25, 0.3) is 5.69 Å². The molecule has 3 heterocycles. The van der Waals surface area contributed by atoms with E-state index in [-0.39, 0.29) is 23.5 Å². The number of nitrogens with one attached hydrogen (secondary N) is 1. The van der Waals surface area contributed by atoms with E-state index in [1.807, 2.05) is 0 Å². The molecular formula is C20H19N5O5. The van der Waals surface area contributed by atoms with Gasteiger partial charge in [0.15, 0.2) is 0 Å². The van der Waals surface area contributed by atoms with Crippen molar-refractivity contribution in [2.45, 2.75) is 18.9 Å². The van der Waals surface area contributed by atoms with Crippen LogP contribution in [0.2, 0.25) is 0 Å². The number of rotatable bonds is 5. The Labute approximate surface area is 171 Å². The number of benzene rings is 1. The number of nitro benzene ring substituents is 1. The second-order valence-corrected chi connectivity index (χ2v) is 7.00. The summed E-state index contributed by atoms with van der Waals surface area (Å²) in [7, 11) is 0. The quantitative estimate of drug-likeness (QED) is 0.510. The van der Waals surface area contributed by atoms with Gasteiger partial charge in [0.2, 0.25) is 0 Å². The smallest absolute Gasteiger partial charge is 0.269 e. The third kappa shape index (κ3) is 4.07. The number of aromatic nitrogens is 2. The van der Waals surface area contributed by atoms with Gasteiger partial charge in [-0.3, -0.25) is 19.7 Å². The van der Waals surface area contributed by atoms with Crippen molar-refractivity contribution in [1.82, 2.24) is 20.0 Å². The van der Waals surface area contributed by atoms with Crippen molar-refractivity contribution in [2.75, 3.05) is 13.1 Å². The number of hydrogen-bond donors (Lipinski definition) is 1. The first-order valence-corrected chi connectivity index (χ1v) is 9.43. The third-order valence-electron chi connectivity index (χ3n) is 5.06. The van der Waals surface area contributed by atoms with Crippen LogP contribution < -0.4 is 5.32 Å². The molecule has 0 atom stereocenters. The zero-order valence-corrected chi connectivity index (χ0v) is 15.9. The lowest BCUT2D eigenvalue weighted by Crippen LogP contribution is -2.46. The van der Waals surface area contributed by atoms with E-state index in [0.717, 1.165) is 0 Å². The van der Waals surface area contributed by atoms with Crippen molar-refractivity contribution >= 4 is 17.5 Å². The van der Waals surface area contributed by atoms with Gasteiger partial charge in [-0.2, -0.15) is 5.10 Å². The first-order valence-electron chi connectivity index (χ1n) is 9.43. The lowest BCUT2D eigenvalue weighted by atomic mass is 10.0. The fourth-order valence-corrected chi connectivity index (χ4v) is 3.37. The van der Waals surface area contributed by atoms with Gasteiger partial charge in [-0.05, 0) is 31.0 Å². The molecule has 154 valence electrons. The monoisotopic (exact) mass is 409 g/mol. The Kier molecular flexibility index (Phi) is 5.29. The van der Waals surface area contributed by atoms with Crippen molar-refractivity contribution in [3.05, 3.63) is 76.5 Å². The first kappa shape index (κ1) is 19.4. The van der Waals surface area contributed by atoms with E-state index in [2.05, 4.69) is 10.4 Å². The predicted octanol–water partition coefficient (Wildman–Crippen LogP) is 2.41. The summed E-state index contributed by atoms with van der Waals surface area (Å²) in [6.45, 7) is 1.11. The summed E-state index contributed by atoms with van der Waals surface area (Å²) in [6, 6.07) is 7.51. The average Bonchev–Trinajstić information content (AvgIpc) is 3.46. The molecule has 30 heavy (non-hydrogen) atoms. The van der Waals surface area contributed by atoms with Crippen molar-refractivity contribution in [3.63, 3.8) is 0 Å². The predicted molar refractivity (Wildman–Crippen MR) is 105 cm³/mol. The van der Waals surface area contributed by atoms with Gasteiger partial charge in [0.25, 0.3) is 17.5 Å². The van der Waals surface area contributed by atoms with Gasteiger partial charge in [-0.25, -0.2) is 4.68 Å². The number of amides is 2. The molecule has 3 aromatic rings. The number of piperidine rings is 1. The van der Waals surface area contributed by atoms with Crippen molar-refractivity contribution in [2.24, 2.45) is 0 Å². The second kappa shape index (κ2) is 8.19. The number of nitro groups is 1.